The third kappa shape index (κ3) is 4.63. The lowest BCUT2D eigenvalue weighted by molar-refractivity contribution is 0.102. The van der Waals surface area contributed by atoms with Crippen molar-refractivity contribution in [2.45, 2.75) is 26.2 Å². The van der Waals surface area contributed by atoms with Crippen molar-refractivity contribution >= 4 is 29.7 Å². The molecule has 0 saturated heterocycles. The first kappa shape index (κ1) is 18.8. The number of methoxy groups -OCH3 is 1. The van der Waals surface area contributed by atoms with Crippen LogP contribution in [0.3, 0.4) is 0 Å². The van der Waals surface area contributed by atoms with E-state index >= 15 is 0 Å². The molecule has 0 bridgehead atoms. The minimum atomic E-state index is -0.162. The van der Waals surface area contributed by atoms with Gasteiger partial charge in [-0.15, -0.1) is 12.4 Å². The average molecular weight is 335 g/mol. The van der Waals surface area contributed by atoms with Gasteiger partial charge in [-0.1, -0.05) is 32.9 Å². The van der Waals surface area contributed by atoms with Crippen LogP contribution in [0.4, 0.5) is 11.4 Å². The smallest absolute Gasteiger partial charge is 0.255 e. The SMILES string of the molecule is COc1ccc(NC(=O)c2ccc(C(C)(C)C)cc2)cc1N.Cl. The van der Waals surface area contributed by atoms with Gasteiger partial charge in [0.05, 0.1) is 12.8 Å². The Labute approximate surface area is 143 Å². The number of hydrogen-bond donors (Lipinski definition) is 2. The molecule has 2 rings (SSSR count). The van der Waals surface area contributed by atoms with Crippen LogP contribution in [0.1, 0.15) is 36.7 Å². The Balaban J connectivity index is 0.00000264. The van der Waals surface area contributed by atoms with Crippen LogP contribution in [0.5, 0.6) is 5.75 Å². The van der Waals surface area contributed by atoms with Crippen molar-refractivity contribution in [2.75, 3.05) is 18.2 Å². The molecule has 0 radical (unpaired) electrons. The number of nitrogen functional groups attached to an aromatic ring is 1. The average Bonchev–Trinajstić information content (AvgIpc) is 2.46. The van der Waals surface area contributed by atoms with Crippen LogP contribution in [-0.2, 0) is 5.41 Å². The standard InChI is InChI=1S/C18H22N2O2.ClH/c1-18(2,3)13-7-5-12(6-8-13)17(21)20-14-9-10-16(22-4)15(19)11-14;/h5-11H,19H2,1-4H3,(H,20,21);1H. The maximum Gasteiger partial charge on any atom is 0.255 e. The third-order valence-corrected chi connectivity index (χ3v) is 3.50. The zero-order chi connectivity index (χ0) is 16.3. The molecule has 0 aliphatic rings. The summed E-state index contributed by atoms with van der Waals surface area (Å²) in [6.07, 6.45) is 0. The van der Waals surface area contributed by atoms with Crippen LogP contribution in [-0.4, -0.2) is 13.0 Å². The van der Waals surface area contributed by atoms with Crippen LogP contribution in [0.15, 0.2) is 42.5 Å². The molecule has 0 heterocycles. The second kappa shape index (κ2) is 7.38. The van der Waals surface area contributed by atoms with Gasteiger partial charge in [-0.05, 0) is 41.3 Å². The molecule has 0 atom stereocenters. The topological polar surface area (TPSA) is 64.3 Å². The Bertz CT molecular complexity index is 676. The molecular formula is C18H23ClN2O2. The van der Waals surface area contributed by atoms with Crippen molar-refractivity contribution < 1.29 is 9.53 Å². The van der Waals surface area contributed by atoms with Gasteiger partial charge < -0.3 is 15.8 Å². The van der Waals surface area contributed by atoms with Gasteiger partial charge in [-0.3, -0.25) is 4.79 Å². The van der Waals surface area contributed by atoms with Gasteiger partial charge in [0, 0.05) is 11.3 Å². The van der Waals surface area contributed by atoms with E-state index in [9.17, 15) is 4.79 Å². The molecular weight excluding hydrogens is 312 g/mol. The van der Waals surface area contributed by atoms with Gasteiger partial charge >= 0.3 is 0 Å². The van der Waals surface area contributed by atoms with Crippen LogP contribution in [0.2, 0.25) is 0 Å². The summed E-state index contributed by atoms with van der Waals surface area (Å²) in [5, 5.41) is 2.83. The highest BCUT2D eigenvalue weighted by Gasteiger charge is 2.14. The van der Waals surface area contributed by atoms with Gasteiger partial charge in [-0.25, -0.2) is 0 Å². The number of nitrogens with one attached hydrogen (secondary N) is 1. The lowest BCUT2D eigenvalue weighted by Crippen LogP contribution is -2.14. The fraction of sp³-hybridized carbons (Fsp3) is 0.278. The molecule has 0 fully saturated rings. The lowest BCUT2D eigenvalue weighted by atomic mass is 9.87. The van der Waals surface area contributed by atoms with Gasteiger partial charge in [-0.2, -0.15) is 0 Å². The fourth-order valence-corrected chi connectivity index (χ4v) is 2.14. The Morgan fingerprint density at radius 3 is 2.17 bits per heavy atom. The van der Waals surface area contributed by atoms with Crippen molar-refractivity contribution in [3.8, 4) is 5.75 Å². The van der Waals surface area contributed by atoms with Crippen LogP contribution in [0, 0.1) is 0 Å². The molecule has 124 valence electrons. The predicted octanol–water partition coefficient (Wildman–Crippen LogP) is 4.25. The number of ether oxygens (including phenoxy) is 1. The van der Waals surface area contributed by atoms with Gasteiger partial charge in [0.2, 0.25) is 0 Å². The first-order valence-electron chi connectivity index (χ1n) is 7.16. The van der Waals surface area contributed by atoms with Crippen molar-refractivity contribution in [3.63, 3.8) is 0 Å². The Morgan fingerprint density at radius 1 is 1.09 bits per heavy atom. The van der Waals surface area contributed by atoms with Crippen LogP contribution >= 0.6 is 12.4 Å². The summed E-state index contributed by atoms with van der Waals surface area (Å²) >= 11 is 0. The number of halogens is 1. The van der Waals surface area contributed by atoms with E-state index in [4.69, 9.17) is 10.5 Å². The number of nitrogens with two attached hydrogens (primary N) is 1. The van der Waals surface area contributed by atoms with Crippen molar-refractivity contribution in [3.05, 3.63) is 53.6 Å². The Kier molecular flexibility index (Phi) is 6.05. The summed E-state index contributed by atoms with van der Waals surface area (Å²) < 4.78 is 5.10. The highest BCUT2D eigenvalue weighted by molar-refractivity contribution is 6.04. The predicted molar refractivity (Wildman–Crippen MR) is 97.7 cm³/mol. The molecule has 0 aliphatic heterocycles. The van der Waals surface area contributed by atoms with E-state index in [0.717, 1.165) is 0 Å². The van der Waals surface area contributed by atoms with Gasteiger partial charge in [0.25, 0.3) is 5.91 Å². The molecule has 0 aromatic heterocycles. The van der Waals surface area contributed by atoms with Crippen molar-refractivity contribution in [2.24, 2.45) is 0 Å². The molecule has 1 amide bonds. The van der Waals surface area contributed by atoms with E-state index < -0.39 is 0 Å². The van der Waals surface area contributed by atoms with Crippen molar-refractivity contribution in [1.82, 2.24) is 0 Å². The molecule has 0 saturated carbocycles. The molecule has 4 nitrogen and oxygen atoms in total. The van der Waals surface area contributed by atoms with E-state index in [1.807, 2.05) is 24.3 Å². The minimum Gasteiger partial charge on any atom is -0.495 e. The summed E-state index contributed by atoms with van der Waals surface area (Å²) in [4.78, 5) is 12.3. The number of anilines is 2. The highest BCUT2D eigenvalue weighted by Crippen LogP contribution is 2.25. The fourth-order valence-electron chi connectivity index (χ4n) is 2.14. The molecule has 0 aliphatic carbocycles. The molecule has 0 spiro atoms. The molecule has 0 unspecified atom stereocenters. The minimum absolute atomic E-state index is 0. The monoisotopic (exact) mass is 334 g/mol. The van der Waals surface area contributed by atoms with Crippen LogP contribution in [0.25, 0.3) is 0 Å². The molecule has 2 aromatic carbocycles. The molecule has 23 heavy (non-hydrogen) atoms. The number of amides is 1. The van der Waals surface area contributed by atoms with E-state index in [-0.39, 0.29) is 23.7 Å². The van der Waals surface area contributed by atoms with Crippen molar-refractivity contribution in [1.29, 1.82) is 0 Å². The first-order valence-corrected chi connectivity index (χ1v) is 7.16. The maximum atomic E-state index is 12.3. The number of rotatable bonds is 3. The zero-order valence-corrected chi connectivity index (χ0v) is 14.7. The Hall–Kier alpha value is -2.20. The van der Waals surface area contributed by atoms with Gasteiger partial charge in [0.1, 0.15) is 5.75 Å². The van der Waals surface area contributed by atoms with E-state index in [0.29, 0.717) is 22.7 Å². The number of carbonyl (C=O) groups is 1. The lowest BCUT2D eigenvalue weighted by Gasteiger charge is -2.19. The summed E-state index contributed by atoms with van der Waals surface area (Å²) in [6, 6.07) is 12.8. The van der Waals surface area contributed by atoms with E-state index in [1.165, 1.54) is 5.56 Å². The number of benzene rings is 2. The normalized spacial score (nSPS) is 10.6. The van der Waals surface area contributed by atoms with Crippen LogP contribution < -0.4 is 15.8 Å². The summed E-state index contributed by atoms with van der Waals surface area (Å²) in [7, 11) is 1.56. The quantitative estimate of drug-likeness (QED) is 0.825. The Morgan fingerprint density at radius 2 is 1.70 bits per heavy atom. The zero-order valence-electron chi connectivity index (χ0n) is 13.8. The van der Waals surface area contributed by atoms with E-state index in [1.54, 1.807) is 25.3 Å². The number of hydrogen-bond acceptors (Lipinski definition) is 3. The maximum absolute atomic E-state index is 12.3. The molecule has 5 heteroatoms. The summed E-state index contributed by atoms with van der Waals surface area (Å²) in [5.74, 6) is 0.428. The second-order valence-electron chi connectivity index (χ2n) is 6.24. The largest absolute Gasteiger partial charge is 0.495 e. The highest BCUT2D eigenvalue weighted by atomic mass is 35.5. The summed E-state index contributed by atoms with van der Waals surface area (Å²) in [6.45, 7) is 6.42. The molecule has 2 aromatic rings. The third-order valence-electron chi connectivity index (χ3n) is 3.50. The van der Waals surface area contributed by atoms with E-state index in [2.05, 4.69) is 26.1 Å². The second-order valence-corrected chi connectivity index (χ2v) is 6.24. The first-order chi connectivity index (χ1) is 10.3. The summed E-state index contributed by atoms with van der Waals surface area (Å²) in [5.41, 5.74) is 8.84. The van der Waals surface area contributed by atoms with Gasteiger partial charge in [0.15, 0.2) is 0 Å². The number of carbonyl (C=O) groups excluding carboxylic acids is 1. The molecule has 3 N–H and O–H groups in total.